The highest BCUT2D eigenvalue weighted by molar-refractivity contribution is 6.76. The molecule has 2 saturated heterocycles. The molecule has 17 nitrogen and oxygen atoms in total. The Morgan fingerprint density at radius 2 is 0.803 bits per heavy atom. The number of alkyl halides is 3. The number of hydrogen-bond donors (Lipinski definition) is 2. The Hall–Kier alpha value is -6.19. The first-order valence-corrected chi connectivity index (χ1v) is 28.1. The van der Waals surface area contributed by atoms with E-state index in [4.69, 9.17) is 87.3 Å². The van der Waals surface area contributed by atoms with Crippen molar-refractivity contribution in [3.63, 3.8) is 0 Å². The van der Waals surface area contributed by atoms with Crippen molar-refractivity contribution in [2.24, 2.45) is 0 Å². The van der Waals surface area contributed by atoms with Crippen LogP contribution >= 0.6 is 34.8 Å². The normalized spacial score (nSPS) is 23.5. The van der Waals surface area contributed by atoms with Crippen LogP contribution in [-0.4, -0.2) is 128 Å². The highest BCUT2D eigenvalue weighted by Gasteiger charge is 2.56. The Morgan fingerprint density at radius 1 is 0.474 bits per heavy atom. The number of benzene rings is 5. The van der Waals surface area contributed by atoms with E-state index in [-0.39, 0.29) is 34.4 Å². The third-order valence-corrected chi connectivity index (χ3v) is 18.0. The lowest BCUT2D eigenvalue weighted by Gasteiger charge is -2.46. The number of hydrogen-bond acceptors (Lipinski definition) is 17. The summed E-state index contributed by atoms with van der Waals surface area (Å²) >= 11 is 18.4. The lowest BCUT2D eigenvalue weighted by Crippen LogP contribution is -2.65. The summed E-state index contributed by atoms with van der Waals surface area (Å²) in [4.78, 5) is 70.1. The van der Waals surface area contributed by atoms with Gasteiger partial charge in [-0.05, 0) is 78.8 Å². The number of esters is 5. The minimum Gasteiger partial charge on any atom is -0.453 e. The van der Waals surface area contributed by atoms with Gasteiger partial charge in [0, 0.05) is 0 Å². The topological polar surface area (TPSA) is 222 Å². The molecule has 5 aromatic carbocycles. The van der Waals surface area contributed by atoms with Crippen molar-refractivity contribution in [2.75, 3.05) is 13.2 Å². The maximum atomic E-state index is 14.2. The molecule has 2 N–H and O–H groups in total. The minimum absolute atomic E-state index is 0.0271. The van der Waals surface area contributed by atoms with E-state index in [1.54, 1.807) is 91.0 Å². The molecule has 2 fully saturated rings. The fraction of sp³-hybridized carbons (Fsp3) is 0.345. The lowest BCUT2D eigenvalue weighted by molar-refractivity contribution is -0.321. The minimum atomic E-state index is -2.52. The Kier molecular flexibility index (Phi) is 20.2. The summed E-state index contributed by atoms with van der Waals surface area (Å²) in [6.45, 7) is 5.08. The monoisotopic (exact) mass is 1120 g/mol. The molecule has 2 aliphatic heterocycles. The van der Waals surface area contributed by atoms with Crippen molar-refractivity contribution in [3.8, 4) is 0 Å². The third-order valence-electron chi connectivity index (χ3n) is 12.9. The maximum absolute atomic E-state index is 14.2. The second-order valence-electron chi connectivity index (χ2n) is 17.6. The molecule has 7 rings (SSSR count). The Morgan fingerprint density at radius 3 is 1.18 bits per heavy atom. The van der Waals surface area contributed by atoms with E-state index >= 15 is 0 Å². The second kappa shape index (κ2) is 26.7. The number of carbonyl (C=O) groups is 5. The first kappa shape index (κ1) is 57.5. The smallest absolute Gasteiger partial charge is 0.338 e. The molecule has 0 spiro atoms. The number of aliphatic hydroxyl groups is 1. The van der Waals surface area contributed by atoms with Gasteiger partial charge in [-0.1, -0.05) is 147 Å². The third kappa shape index (κ3) is 14.6. The van der Waals surface area contributed by atoms with E-state index in [0.717, 1.165) is 18.1 Å². The first-order chi connectivity index (χ1) is 36.5. The predicted octanol–water partition coefficient (Wildman–Crippen LogP) is 9.33. The summed E-state index contributed by atoms with van der Waals surface area (Å²) in [7, 11) is -2.42. The van der Waals surface area contributed by atoms with Crippen LogP contribution in [0, 0.1) is 5.41 Å². The molecule has 0 amide bonds. The molecule has 10 atom stereocenters. The van der Waals surface area contributed by atoms with Gasteiger partial charge in [-0.15, -0.1) is 0 Å². The van der Waals surface area contributed by atoms with Crippen LogP contribution in [0.3, 0.4) is 0 Å². The summed E-state index contributed by atoms with van der Waals surface area (Å²) in [6.07, 6.45) is -17.4. The highest BCUT2D eigenvalue weighted by Crippen LogP contribution is 2.37. The highest BCUT2D eigenvalue weighted by atomic mass is 35.6. The van der Waals surface area contributed by atoms with E-state index in [9.17, 15) is 29.1 Å². The Bertz CT molecular complexity index is 2720. The predicted molar refractivity (Wildman–Crippen MR) is 280 cm³/mol. The Labute approximate surface area is 455 Å². The van der Waals surface area contributed by atoms with Gasteiger partial charge in [0.1, 0.15) is 18.3 Å². The molecule has 76 heavy (non-hydrogen) atoms. The molecule has 402 valence electrons. The maximum Gasteiger partial charge on any atom is 0.338 e. The zero-order valence-corrected chi connectivity index (χ0v) is 44.7. The van der Waals surface area contributed by atoms with Crippen LogP contribution in [0.4, 0.5) is 0 Å². The van der Waals surface area contributed by atoms with E-state index < -0.39 is 116 Å². The van der Waals surface area contributed by atoms with Gasteiger partial charge >= 0.3 is 29.8 Å². The number of nitrogens with one attached hydrogen (secondary N) is 1. The molecular formula is C55H56Cl3NO16Si. The number of halogens is 3. The van der Waals surface area contributed by atoms with Crippen molar-refractivity contribution >= 4 is 78.9 Å². The van der Waals surface area contributed by atoms with E-state index in [2.05, 4.69) is 0 Å². The summed E-state index contributed by atoms with van der Waals surface area (Å²) in [5, 5.41) is 21.0. The largest absolute Gasteiger partial charge is 0.453 e. The van der Waals surface area contributed by atoms with Crippen LogP contribution in [0.1, 0.15) is 72.6 Å². The van der Waals surface area contributed by atoms with Crippen molar-refractivity contribution in [2.45, 2.75) is 104 Å². The van der Waals surface area contributed by atoms with Gasteiger partial charge in [0.05, 0.1) is 41.0 Å². The van der Waals surface area contributed by atoms with E-state index in [1.165, 1.54) is 60.7 Å². The molecule has 5 aromatic rings. The molecule has 2 aliphatic rings. The molecule has 6 unspecified atom stereocenters. The molecule has 0 bridgehead atoms. The van der Waals surface area contributed by atoms with Gasteiger partial charge in [-0.3, -0.25) is 5.41 Å². The van der Waals surface area contributed by atoms with Gasteiger partial charge in [-0.2, -0.15) is 0 Å². The van der Waals surface area contributed by atoms with Crippen molar-refractivity contribution in [1.29, 1.82) is 5.41 Å². The van der Waals surface area contributed by atoms with Gasteiger partial charge < -0.3 is 52.2 Å². The lowest BCUT2D eigenvalue weighted by atomic mass is 9.97. The van der Waals surface area contributed by atoms with Crippen molar-refractivity contribution in [3.05, 3.63) is 179 Å². The summed E-state index contributed by atoms with van der Waals surface area (Å²) < 4.78 is 59.8. The van der Waals surface area contributed by atoms with Gasteiger partial charge in [0.25, 0.3) is 3.79 Å². The Balaban J connectivity index is 1.32. The van der Waals surface area contributed by atoms with Gasteiger partial charge in [-0.25, -0.2) is 24.0 Å². The van der Waals surface area contributed by atoms with Crippen LogP contribution in [0.25, 0.3) is 0 Å². The van der Waals surface area contributed by atoms with Crippen LogP contribution < -0.4 is 0 Å². The van der Waals surface area contributed by atoms with E-state index in [1.807, 2.05) is 20.8 Å². The second-order valence-corrected chi connectivity index (χ2v) is 24.6. The summed E-state index contributed by atoms with van der Waals surface area (Å²) in [5.74, 6) is -5.70. The van der Waals surface area contributed by atoms with Gasteiger partial charge in [0.15, 0.2) is 39.0 Å². The first-order valence-electron chi connectivity index (χ1n) is 24.4. The van der Waals surface area contributed by atoms with Gasteiger partial charge in [0.2, 0.25) is 18.3 Å². The quantitative estimate of drug-likeness (QED) is 0.0185. The fourth-order valence-corrected chi connectivity index (χ4v) is 11.2. The zero-order valence-electron chi connectivity index (χ0n) is 41.4. The summed E-state index contributed by atoms with van der Waals surface area (Å²) in [5.41, 5.74) is 0.340. The number of aliphatic hydroxyl groups excluding tert-OH is 1. The van der Waals surface area contributed by atoms with Crippen LogP contribution in [-0.2, 0) is 47.1 Å². The standard InChI is InChI=1S/C55H56Cl3NO16Si/c1-4-76(5-2,6-3)67-33-40-42(70-47(61)34-22-12-7-13-23-34)41(60)44(72-49(63)36-26-16-9-17-27-36)52(68-40)66-32-39-43(71-48(62)35-24-14-8-15-25-35)45(73-50(64)37-28-18-10-19-29-37)46(53(69-39)75-54(59)55(56,57)58)74-51(65)38-30-20-11-21-31-38/h7-31,39-46,52-53,59-60H,4-6,32-33H2,1-3H3/t39?,40?,41-,42?,43+,44?,45?,46+,52+,53?/m0/s1. The van der Waals surface area contributed by atoms with Crippen LogP contribution in [0.15, 0.2) is 152 Å². The van der Waals surface area contributed by atoms with E-state index in [0.29, 0.717) is 0 Å². The molecular weight excluding hydrogens is 1070 g/mol. The average Bonchev–Trinajstić information content (AvgIpc) is 3.44. The molecule has 21 heteroatoms. The molecule has 0 saturated carbocycles. The van der Waals surface area contributed by atoms with Crippen LogP contribution in [0.2, 0.25) is 18.1 Å². The SMILES string of the molecule is CC[Si](CC)(CC)OCC1O[C@@H](OCC2OC(OC(=N)C(Cl)(Cl)Cl)[C@H](OC(=O)c3ccccc3)C(OC(=O)c3ccccc3)[C@@H]2OC(=O)c2ccccc2)C(OC(=O)c2ccccc2)[C@@H](O)C1OC(=O)c1ccccc1. The average molecular weight is 1120 g/mol. The molecule has 0 aliphatic carbocycles. The van der Waals surface area contributed by atoms with Crippen molar-refractivity contribution < 1.29 is 76.1 Å². The van der Waals surface area contributed by atoms with Crippen molar-refractivity contribution in [1.82, 2.24) is 0 Å². The fourth-order valence-electron chi connectivity index (χ4n) is 8.46. The number of rotatable bonds is 20. The van der Waals surface area contributed by atoms with Crippen LogP contribution in [0.5, 0.6) is 0 Å². The zero-order chi connectivity index (χ0) is 54.4. The molecule has 0 aromatic heterocycles. The summed E-state index contributed by atoms with van der Waals surface area (Å²) in [6, 6.07) is 41.2. The molecule has 0 radical (unpaired) electrons. The number of ether oxygens (including phenoxy) is 9. The number of carbonyl (C=O) groups excluding carboxylic acids is 5. The molecule has 2 heterocycles.